The molecule has 1 aromatic carbocycles. The lowest BCUT2D eigenvalue weighted by atomic mass is 9.65. The van der Waals surface area contributed by atoms with Crippen LogP contribution in [0, 0.1) is 17.7 Å². The Hall–Kier alpha value is -0.570. The molecule has 1 nitrogen and oxygen atoms in total. The highest BCUT2D eigenvalue weighted by atomic mass is 79.9. The van der Waals surface area contributed by atoms with Crippen molar-refractivity contribution in [1.82, 2.24) is 0 Å². The van der Waals surface area contributed by atoms with Crippen molar-refractivity contribution in [2.75, 3.05) is 7.11 Å². The second kappa shape index (κ2) is 6.05. The number of halogens is 2. The zero-order valence-electron chi connectivity index (χ0n) is 12.7. The molecule has 1 saturated carbocycles. The van der Waals surface area contributed by atoms with Gasteiger partial charge in [0.25, 0.3) is 0 Å². The molecule has 0 spiro atoms. The summed E-state index contributed by atoms with van der Waals surface area (Å²) in [6.45, 7) is 6.72. The smallest absolute Gasteiger partial charge is 0.123 e. The Morgan fingerprint density at radius 2 is 2.00 bits per heavy atom. The minimum absolute atomic E-state index is 0.109. The maximum atomic E-state index is 13.7. The average molecular weight is 343 g/mol. The second-order valence-electron chi connectivity index (χ2n) is 6.61. The van der Waals surface area contributed by atoms with Crippen molar-refractivity contribution >= 4 is 15.9 Å². The number of hydrogen-bond acceptors (Lipinski definition) is 1. The predicted molar refractivity (Wildman–Crippen MR) is 85.2 cm³/mol. The predicted octanol–water partition coefficient (Wildman–Crippen LogP) is 5.31. The monoisotopic (exact) mass is 342 g/mol. The summed E-state index contributed by atoms with van der Waals surface area (Å²) in [4.78, 5) is 0.481. The maximum Gasteiger partial charge on any atom is 0.123 e. The van der Waals surface area contributed by atoms with Crippen molar-refractivity contribution < 1.29 is 9.13 Å². The lowest BCUT2D eigenvalue weighted by molar-refractivity contribution is 0.209. The number of rotatable bonds is 3. The zero-order valence-corrected chi connectivity index (χ0v) is 14.3. The Balaban J connectivity index is 2.36. The minimum Gasteiger partial charge on any atom is -0.496 e. The van der Waals surface area contributed by atoms with Gasteiger partial charge in [0, 0.05) is 10.4 Å². The molecule has 0 N–H and O–H groups in total. The first kappa shape index (κ1) is 15.8. The van der Waals surface area contributed by atoms with E-state index < -0.39 is 0 Å². The highest BCUT2D eigenvalue weighted by molar-refractivity contribution is 9.09. The van der Waals surface area contributed by atoms with Crippen molar-refractivity contribution in [3.05, 3.63) is 29.6 Å². The summed E-state index contributed by atoms with van der Waals surface area (Å²) in [6, 6.07) is 4.84. The number of benzene rings is 1. The van der Waals surface area contributed by atoms with E-state index in [1.54, 1.807) is 19.2 Å². The molecule has 0 aliphatic heterocycles. The molecule has 20 heavy (non-hydrogen) atoms. The van der Waals surface area contributed by atoms with Gasteiger partial charge in [-0.15, -0.1) is 0 Å². The number of hydrogen-bond donors (Lipinski definition) is 0. The molecule has 0 aromatic heterocycles. The summed E-state index contributed by atoms with van der Waals surface area (Å²) >= 11 is 3.86. The van der Waals surface area contributed by atoms with Crippen molar-refractivity contribution in [3.63, 3.8) is 0 Å². The van der Waals surface area contributed by atoms with Gasteiger partial charge in [0.05, 0.1) is 7.11 Å². The van der Waals surface area contributed by atoms with E-state index in [9.17, 15) is 4.39 Å². The van der Waals surface area contributed by atoms with Crippen molar-refractivity contribution in [1.29, 1.82) is 0 Å². The van der Waals surface area contributed by atoms with Gasteiger partial charge in [-0.3, -0.25) is 0 Å². The van der Waals surface area contributed by atoms with E-state index >= 15 is 0 Å². The lowest BCUT2D eigenvalue weighted by Crippen LogP contribution is -2.38. The van der Waals surface area contributed by atoms with Crippen molar-refractivity contribution in [3.8, 4) is 5.75 Å². The summed E-state index contributed by atoms with van der Waals surface area (Å²) in [5.74, 6) is 1.86. The Bertz CT molecular complexity index is 472. The molecule has 3 atom stereocenters. The van der Waals surface area contributed by atoms with E-state index in [2.05, 4.69) is 36.7 Å². The molecule has 1 fully saturated rings. The molecule has 0 saturated heterocycles. The van der Waals surface area contributed by atoms with E-state index in [1.165, 1.54) is 25.3 Å². The van der Waals surface area contributed by atoms with Crippen LogP contribution in [0.1, 0.15) is 45.6 Å². The first-order valence-electron chi connectivity index (χ1n) is 7.34. The van der Waals surface area contributed by atoms with Gasteiger partial charge in [0.15, 0.2) is 0 Å². The Labute approximate surface area is 130 Å². The second-order valence-corrected chi connectivity index (χ2v) is 7.78. The summed E-state index contributed by atoms with van der Waals surface area (Å²) in [5.41, 5.74) is 0.867. The molecule has 0 radical (unpaired) electrons. The average Bonchev–Trinajstić information content (AvgIpc) is 2.38. The Morgan fingerprint density at radius 1 is 1.30 bits per heavy atom. The highest BCUT2D eigenvalue weighted by Crippen LogP contribution is 2.47. The molecule has 1 aliphatic rings. The molecule has 112 valence electrons. The summed E-state index contributed by atoms with van der Waals surface area (Å²) < 4.78 is 19.1. The maximum absolute atomic E-state index is 13.7. The molecule has 3 unspecified atom stereocenters. The fraction of sp³-hybridized carbons (Fsp3) is 0.647. The molecule has 1 aliphatic carbocycles. The zero-order chi connectivity index (χ0) is 14.9. The first-order chi connectivity index (χ1) is 9.36. The van der Waals surface area contributed by atoms with Gasteiger partial charge in [-0.25, -0.2) is 4.39 Å². The summed E-state index contributed by atoms with van der Waals surface area (Å²) in [6.07, 6.45) is 3.60. The van der Waals surface area contributed by atoms with Gasteiger partial charge in [-0.05, 0) is 48.3 Å². The third kappa shape index (κ3) is 3.03. The van der Waals surface area contributed by atoms with Crippen LogP contribution in [-0.2, 0) is 5.41 Å². The van der Waals surface area contributed by atoms with Gasteiger partial charge >= 0.3 is 0 Å². The van der Waals surface area contributed by atoms with Gasteiger partial charge in [-0.2, -0.15) is 0 Å². The highest BCUT2D eigenvalue weighted by Gasteiger charge is 2.40. The van der Waals surface area contributed by atoms with Crippen LogP contribution in [0.3, 0.4) is 0 Å². The standard InChI is InChI=1S/C17H24BrFO/c1-11-5-7-13(15(18)9-11)17(2,3)14-10-12(19)6-8-16(14)20-4/h6,8,10-11,13,15H,5,7,9H2,1-4H3. The van der Waals surface area contributed by atoms with Gasteiger partial charge in [0.1, 0.15) is 11.6 Å². The van der Waals surface area contributed by atoms with E-state index in [1.807, 2.05) is 0 Å². The van der Waals surface area contributed by atoms with Crippen molar-refractivity contribution in [2.24, 2.45) is 11.8 Å². The Kier molecular flexibility index (Phi) is 4.78. The fourth-order valence-corrected chi connectivity index (χ4v) is 5.07. The third-order valence-corrected chi connectivity index (χ3v) is 5.83. The van der Waals surface area contributed by atoms with Crippen LogP contribution in [-0.4, -0.2) is 11.9 Å². The van der Waals surface area contributed by atoms with E-state index in [4.69, 9.17) is 4.74 Å². The Morgan fingerprint density at radius 3 is 2.60 bits per heavy atom. The molecular formula is C17H24BrFO. The fourth-order valence-electron chi connectivity index (χ4n) is 3.51. The van der Waals surface area contributed by atoms with Crippen LogP contribution in [0.25, 0.3) is 0 Å². The topological polar surface area (TPSA) is 9.23 Å². The number of ether oxygens (including phenoxy) is 1. The van der Waals surface area contributed by atoms with Crippen LogP contribution in [0.15, 0.2) is 18.2 Å². The van der Waals surface area contributed by atoms with E-state index in [0.717, 1.165) is 17.2 Å². The largest absolute Gasteiger partial charge is 0.496 e. The van der Waals surface area contributed by atoms with Crippen LogP contribution >= 0.6 is 15.9 Å². The molecule has 2 rings (SSSR count). The van der Waals surface area contributed by atoms with Crippen LogP contribution in [0.4, 0.5) is 4.39 Å². The molecular weight excluding hydrogens is 319 g/mol. The van der Waals surface area contributed by atoms with Crippen LogP contribution in [0.2, 0.25) is 0 Å². The summed E-state index contributed by atoms with van der Waals surface area (Å²) in [7, 11) is 1.65. The SMILES string of the molecule is COc1ccc(F)cc1C(C)(C)C1CCC(C)CC1Br. The van der Waals surface area contributed by atoms with Gasteiger partial charge in [-0.1, -0.05) is 43.1 Å². The van der Waals surface area contributed by atoms with Crippen LogP contribution in [0.5, 0.6) is 5.75 Å². The van der Waals surface area contributed by atoms with E-state index in [-0.39, 0.29) is 11.2 Å². The van der Waals surface area contributed by atoms with E-state index in [0.29, 0.717) is 10.7 Å². The number of alkyl halides is 1. The molecule has 0 heterocycles. The molecule has 0 bridgehead atoms. The van der Waals surface area contributed by atoms with Crippen LogP contribution < -0.4 is 4.74 Å². The lowest BCUT2D eigenvalue weighted by Gasteiger charge is -2.42. The van der Waals surface area contributed by atoms with Gasteiger partial charge < -0.3 is 4.74 Å². The molecule has 1 aromatic rings. The number of methoxy groups -OCH3 is 1. The first-order valence-corrected chi connectivity index (χ1v) is 8.26. The molecule has 0 amide bonds. The quantitative estimate of drug-likeness (QED) is 0.676. The van der Waals surface area contributed by atoms with Crippen molar-refractivity contribution in [2.45, 2.75) is 50.3 Å². The third-order valence-electron chi connectivity index (χ3n) is 4.82. The summed E-state index contributed by atoms with van der Waals surface area (Å²) in [5, 5.41) is 0. The molecule has 3 heteroatoms. The minimum atomic E-state index is -0.191. The van der Waals surface area contributed by atoms with Gasteiger partial charge in [0.2, 0.25) is 0 Å². The normalized spacial score (nSPS) is 27.4.